The second-order valence-electron chi connectivity index (χ2n) is 8.23. The van der Waals surface area contributed by atoms with Crippen LogP contribution in [0.25, 0.3) is 0 Å². The predicted octanol–water partition coefficient (Wildman–Crippen LogP) is 3.45. The van der Waals surface area contributed by atoms with E-state index in [0.29, 0.717) is 19.0 Å². The molecule has 0 radical (unpaired) electrons. The Morgan fingerprint density at radius 3 is 2.41 bits per heavy atom. The fourth-order valence-corrected chi connectivity index (χ4v) is 3.91. The van der Waals surface area contributed by atoms with Gasteiger partial charge in [0, 0.05) is 18.2 Å². The molecule has 2 fully saturated rings. The van der Waals surface area contributed by atoms with Crippen molar-refractivity contribution in [1.29, 1.82) is 0 Å². The van der Waals surface area contributed by atoms with Crippen LogP contribution in [0.1, 0.15) is 69.9 Å². The average Bonchev–Trinajstić information content (AvgIpc) is 3.46. The zero-order chi connectivity index (χ0) is 19.3. The lowest BCUT2D eigenvalue weighted by atomic mass is 9.71. The van der Waals surface area contributed by atoms with E-state index in [9.17, 15) is 9.59 Å². The van der Waals surface area contributed by atoms with E-state index >= 15 is 0 Å². The Balaban J connectivity index is 1.50. The maximum atomic E-state index is 12.5. The second kappa shape index (κ2) is 8.74. The standard InChI is InChI=1S/C21H32N4O2/c1-15(23-19(26)13-21(14-22)11-3-2-4-12-21)16-5-7-17(8-6-16)24-20(27)25-18-9-10-18/h5-8,15,18H,2-4,9-14,22H2,1H3,(H,23,26)(H2,24,25,27). The summed E-state index contributed by atoms with van der Waals surface area (Å²) in [6.07, 6.45) is 8.33. The van der Waals surface area contributed by atoms with Gasteiger partial charge in [-0.1, -0.05) is 31.4 Å². The van der Waals surface area contributed by atoms with Crippen LogP contribution >= 0.6 is 0 Å². The fraction of sp³-hybridized carbons (Fsp3) is 0.619. The second-order valence-corrected chi connectivity index (χ2v) is 8.23. The number of hydrogen-bond donors (Lipinski definition) is 4. The Bertz CT molecular complexity index is 649. The van der Waals surface area contributed by atoms with Crippen molar-refractivity contribution < 1.29 is 9.59 Å². The van der Waals surface area contributed by atoms with E-state index in [1.807, 2.05) is 31.2 Å². The molecule has 2 aliphatic rings. The first-order valence-electron chi connectivity index (χ1n) is 10.2. The molecule has 0 bridgehead atoms. The minimum atomic E-state index is -0.161. The largest absolute Gasteiger partial charge is 0.350 e. The molecule has 0 aliphatic heterocycles. The van der Waals surface area contributed by atoms with Crippen LogP contribution in [0.3, 0.4) is 0 Å². The minimum Gasteiger partial charge on any atom is -0.350 e. The number of rotatable bonds is 7. The summed E-state index contributed by atoms with van der Waals surface area (Å²) in [7, 11) is 0. The third-order valence-electron chi connectivity index (χ3n) is 5.84. The molecule has 0 heterocycles. The van der Waals surface area contributed by atoms with Gasteiger partial charge in [0.1, 0.15) is 0 Å². The van der Waals surface area contributed by atoms with E-state index in [-0.39, 0.29) is 23.4 Å². The van der Waals surface area contributed by atoms with Gasteiger partial charge in [0.05, 0.1) is 6.04 Å². The summed E-state index contributed by atoms with van der Waals surface area (Å²) in [4.78, 5) is 24.3. The summed E-state index contributed by atoms with van der Waals surface area (Å²) in [6, 6.07) is 7.71. The van der Waals surface area contributed by atoms with Gasteiger partial charge >= 0.3 is 6.03 Å². The number of urea groups is 1. The topological polar surface area (TPSA) is 96.2 Å². The van der Waals surface area contributed by atoms with Crippen molar-refractivity contribution in [2.45, 2.75) is 70.4 Å². The van der Waals surface area contributed by atoms with Crippen LogP contribution in [-0.2, 0) is 4.79 Å². The number of nitrogens with two attached hydrogens (primary N) is 1. The third kappa shape index (κ3) is 5.70. The predicted molar refractivity (Wildman–Crippen MR) is 107 cm³/mol. The summed E-state index contributed by atoms with van der Waals surface area (Å²) < 4.78 is 0. The summed E-state index contributed by atoms with van der Waals surface area (Å²) in [5.41, 5.74) is 7.74. The van der Waals surface area contributed by atoms with Gasteiger partial charge in [0.2, 0.25) is 5.91 Å². The lowest BCUT2D eigenvalue weighted by Gasteiger charge is -2.36. The first-order chi connectivity index (χ1) is 13.0. The molecule has 0 saturated heterocycles. The Kier molecular flexibility index (Phi) is 6.37. The van der Waals surface area contributed by atoms with Crippen LogP contribution in [0.4, 0.5) is 10.5 Å². The maximum Gasteiger partial charge on any atom is 0.319 e. The molecule has 5 N–H and O–H groups in total. The Morgan fingerprint density at radius 1 is 1.15 bits per heavy atom. The molecule has 3 rings (SSSR count). The number of hydrogen-bond acceptors (Lipinski definition) is 3. The Labute approximate surface area is 161 Å². The lowest BCUT2D eigenvalue weighted by Crippen LogP contribution is -2.39. The molecule has 1 aromatic rings. The first-order valence-corrected chi connectivity index (χ1v) is 10.2. The van der Waals surface area contributed by atoms with E-state index in [4.69, 9.17) is 5.73 Å². The van der Waals surface area contributed by atoms with Crippen LogP contribution in [0, 0.1) is 5.41 Å². The highest BCUT2D eigenvalue weighted by Crippen LogP contribution is 2.38. The number of carbonyl (C=O) groups excluding carboxylic acids is 2. The number of nitrogens with one attached hydrogen (secondary N) is 3. The van der Waals surface area contributed by atoms with Crippen LogP contribution in [0.2, 0.25) is 0 Å². The Morgan fingerprint density at radius 2 is 1.81 bits per heavy atom. The number of anilines is 1. The molecule has 0 spiro atoms. The van der Waals surface area contributed by atoms with Crippen molar-refractivity contribution in [3.05, 3.63) is 29.8 Å². The summed E-state index contributed by atoms with van der Waals surface area (Å²) >= 11 is 0. The van der Waals surface area contributed by atoms with Gasteiger partial charge in [-0.2, -0.15) is 0 Å². The molecule has 6 nitrogen and oxygen atoms in total. The number of amides is 3. The van der Waals surface area contributed by atoms with E-state index in [0.717, 1.165) is 36.9 Å². The number of benzene rings is 1. The van der Waals surface area contributed by atoms with E-state index in [2.05, 4.69) is 16.0 Å². The molecular weight excluding hydrogens is 340 g/mol. The van der Waals surface area contributed by atoms with E-state index < -0.39 is 0 Å². The highest BCUT2D eigenvalue weighted by molar-refractivity contribution is 5.89. The summed E-state index contributed by atoms with van der Waals surface area (Å²) in [5, 5.41) is 8.83. The molecule has 2 aliphatic carbocycles. The van der Waals surface area contributed by atoms with Crippen LogP contribution in [0.15, 0.2) is 24.3 Å². The van der Waals surface area contributed by atoms with Gasteiger partial charge in [0.25, 0.3) is 0 Å². The molecular formula is C21H32N4O2. The van der Waals surface area contributed by atoms with Crippen molar-refractivity contribution >= 4 is 17.6 Å². The SMILES string of the molecule is CC(NC(=O)CC1(CN)CCCCC1)c1ccc(NC(=O)NC2CC2)cc1. The molecule has 0 aromatic heterocycles. The molecule has 1 atom stereocenters. The summed E-state index contributed by atoms with van der Waals surface area (Å²) in [5.74, 6) is 0.0702. The van der Waals surface area contributed by atoms with Gasteiger partial charge in [-0.15, -0.1) is 0 Å². The van der Waals surface area contributed by atoms with Crippen molar-refractivity contribution in [3.63, 3.8) is 0 Å². The van der Waals surface area contributed by atoms with Gasteiger partial charge < -0.3 is 21.7 Å². The van der Waals surface area contributed by atoms with Crippen molar-refractivity contribution in [2.24, 2.45) is 11.1 Å². The highest BCUT2D eigenvalue weighted by Gasteiger charge is 2.33. The maximum absolute atomic E-state index is 12.5. The van der Waals surface area contributed by atoms with Gasteiger partial charge in [-0.05, 0) is 62.3 Å². The van der Waals surface area contributed by atoms with Gasteiger partial charge in [-0.25, -0.2) is 4.79 Å². The molecule has 148 valence electrons. The van der Waals surface area contributed by atoms with Gasteiger partial charge in [-0.3, -0.25) is 4.79 Å². The fourth-order valence-electron chi connectivity index (χ4n) is 3.91. The lowest BCUT2D eigenvalue weighted by molar-refractivity contribution is -0.124. The van der Waals surface area contributed by atoms with Crippen molar-refractivity contribution in [2.75, 3.05) is 11.9 Å². The quantitative estimate of drug-likeness (QED) is 0.590. The van der Waals surface area contributed by atoms with Gasteiger partial charge in [0.15, 0.2) is 0 Å². The van der Waals surface area contributed by atoms with Crippen molar-refractivity contribution in [1.82, 2.24) is 10.6 Å². The average molecular weight is 373 g/mol. The van der Waals surface area contributed by atoms with Crippen molar-refractivity contribution in [3.8, 4) is 0 Å². The van der Waals surface area contributed by atoms with E-state index in [1.54, 1.807) is 0 Å². The summed E-state index contributed by atoms with van der Waals surface area (Å²) in [6.45, 7) is 2.56. The molecule has 2 saturated carbocycles. The Hall–Kier alpha value is -2.08. The third-order valence-corrected chi connectivity index (χ3v) is 5.84. The van der Waals surface area contributed by atoms with E-state index in [1.165, 1.54) is 19.3 Å². The first kappa shape index (κ1) is 19.7. The van der Waals surface area contributed by atoms with Crippen LogP contribution in [0.5, 0.6) is 0 Å². The normalized spacial score (nSPS) is 19.8. The van der Waals surface area contributed by atoms with Crippen LogP contribution in [-0.4, -0.2) is 24.5 Å². The smallest absolute Gasteiger partial charge is 0.319 e. The molecule has 27 heavy (non-hydrogen) atoms. The zero-order valence-corrected chi connectivity index (χ0v) is 16.2. The van der Waals surface area contributed by atoms with Crippen LogP contribution < -0.4 is 21.7 Å². The molecule has 6 heteroatoms. The molecule has 3 amide bonds. The minimum absolute atomic E-state index is 0.0231. The highest BCUT2D eigenvalue weighted by atomic mass is 16.2. The number of carbonyl (C=O) groups is 2. The molecule has 1 aromatic carbocycles. The zero-order valence-electron chi connectivity index (χ0n) is 16.2. The molecule has 1 unspecified atom stereocenters. The monoisotopic (exact) mass is 372 g/mol.